The first-order chi connectivity index (χ1) is 14.5. The number of aromatic hydroxyl groups is 1. The quantitative estimate of drug-likeness (QED) is 0.626. The number of ether oxygens (including phenoxy) is 1. The highest BCUT2D eigenvalue weighted by Crippen LogP contribution is 2.55. The van der Waals surface area contributed by atoms with Gasteiger partial charge in [0.05, 0.1) is 10.9 Å². The second-order valence-corrected chi connectivity index (χ2v) is 9.03. The number of carboxylic acid groups (broad SMARTS) is 1. The Morgan fingerprint density at radius 3 is 2.43 bits per heavy atom. The Morgan fingerprint density at radius 1 is 1.07 bits per heavy atom. The molecule has 5 nitrogen and oxygen atoms in total. The molecular weight excluding hydrogens is 378 g/mol. The van der Waals surface area contributed by atoms with Gasteiger partial charge in [0.1, 0.15) is 5.75 Å². The predicted molar refractivity (Wildman–Crippen MR) is 115 cm³/mol. The molecule has 0 radical (unpaired) electrons. The number of fused-ring (bicyclic) bond motifs is 1. The zero-order valence-electron chi connectivity index (χ0n) is 17.2. The molecular formula is C25H27NO4. The van der Waals surface area contributed by atoms with E-state index in [9.17, 15) is 15.0 Å². The zero-order chi connectivity index (χ0) is 20.9. The summed E-state index contributed by atoms with van der Waals surface area (Å²) < 4.78 is 7.97. The number of aliphatic carboxylic acids is 1. The third kappa shape index (κ3) is 3.00. The Balaban J connectivity index is 1.75. The molecule has 0 amide bonds. The van der Waals surface area contributed by atoms with Gasteiger partial charge in [0.25, 0.3) is 0 Å². The van der Waals surface area contributed by atoms with Crippen molar-refractivity contribution in [2.45, 2.75) is 44.4 Å². The average molecular weight is 405 g/mol. The van der Waals surface area contributed by atoms with Gasteiger partial charge in [-0.15, -0.1) is 0 Å². The van der Waals surface area contributed by atoms with Crippen LogP contribution < -0.4 is 0 Å². The van der Waals surface area contributed by atoms with Crippen molar-refractivity contribution in [3.63, 3.8) is 0 Å². The fourth-order valence-electron chi connectivity index (χ4n) is 5.39. The van der Waals surface area contributed by atoms with Crippen LogP contribution in [0.5, 0.6) is 5.75 Å². The molecule has 1 saturated heterocycles. The van der Waals surface area contributed by atoms with E-state index in [0.29, 0.717) is 18.8 Å². The number of aromatic nitrogens is 1. The van der Waals surface area contributed by atoms with Crippen LogP contribution in [-0.2, 0) is 9.53 Å². The van der Waals surface area contributed by atoms with Gasteiger partial charge in [-0.3, -0.25) is 4.79 Å². The second-order valence-electron chi connectivity index (χ2n) is 9.03. The highest BCUT2D eigenvalue weighted by molar-refractivity contribution is 5.90. The molecule has 2 fully saturated rings. The topological polar surface area (TPSA) is 71.7 Å². The first-order valence-corrected chi connectivity index (χ1v) is 10.7. The number of carboxylic acids is 1. The van der Waals surface area contributed by atoms with E-state index in [1.165, 1.54) is 11.3 Å². The molecule has 156 valence electrons. The molecule has 3 aromatic rings. The predicted octanol–water partition coefficient (Wildman–Crippen LogP) is 5.20. The third-order valence-corrected chi connectivity index (χ3v) is 6.97. The first kappa shape index (κ1) is 19.2. The van der Waals surface area contributed by atoms with Gasteiger partial charge in [0, 0.05) is 35.9 Å². The number of nitrogens with zero attached hydrogens (tertiary/aromatic N) is 1. The number of carbonyl (C=O) groups is 1. The smallest absolute Gasteiger partial charge is 0.309 e. The van der Waals surface area contributed by atoms with E-state index in [0.717, 1.165) is 42.6 Å². The number of benzene rings is 2. The summed E-state index contributed by atoms with van der Waals surface area (Å²) in [5.74, 6) is 0.0483. The molecule has 30 heavy (non-hydrogen) atoms. The summed E-state index contributed by atoms with van der Waals surface area (Å²) in [5, 5.41) is 21.0. The van der Waals surface area contributed by atoms with Crippen molar-refractivity contribution >= 4 is 16.9 Å². The second kappa shape index (κ2) is 7.17. The largest absolute Gasteiger partial charge is 0.508 e. The summed E-state index contributed by atoms with van der Waals surface area (Å²) in [6, 6.07) is 15.9. The molecule has 1 aliphatic carbocycles. The van der Waals surface area contributed by atoms with Gasteiger partial charge < -0.3 is 19.5 Å². The maximum absolute atomic E-state index is 11.7. The minimum absolute atomic E-state index is 0.179. The Labute approximate surface area is 175 Å². The number of hydrogen-bond donors (Lipinski definition) is 2. The van der Waals surface area contributed by atoms with Crippen LogP contribution in [0.15, 0.2) is 48.5 Å². The Morgan fingerprint density at radius 2 is 1.77 bits per heavy atom. The molecule has 1 saturated carbocycles. The molecule has 2 aromatic carbocycles. The lowest BCUT2D eigenvalue weighted by atomic mass is 9.60. The monoisotopic (exact) mass is 405 g/mol. The highest BCUT2D eigenvalue weighted by atomic mass is 16.5. The van der Waals surface area contributed by atoms with Crippen LogP contribution in [0.25, 0.3) is 16.6 Å². The Kier molecular flexibility index (Phi) is 4.58. The van der Waals surface area contributed by atoms with Crippen LogP contribution in [0, 0.1) is 5.41 Å². The first-order valence-electron chi connectivity index (χ1n) is 10.7. The van der Waals surface area contributed by atoms with Gasteiger partial charge in [0.15, 0.2) is 0 Å². The Hall–Kier alpha value is -2.79. The third-order valence-electron chi connectivity index (χ3n) is 6.97. The molecule has 5 rings (SSSR count). The van der Waals surface area contributed by atoms with E-state index in [-0.39, 0.29) is 11.7 Å². The molecule has 0 bridgehead atoms. The van der Waals surface area contributed by atoms with Crippen LogP contribution >= 0.6 is 0 Å². The van der Waals surface area contributed by atoms with Crippen LogP contribution in [0.4, 0.5) is 0 Å². The minimum Gasteiger partial charge on any atom is -0.508 e. The molecule has 0 atom stereocenters. The van der Waals surface area contributed by atoms with Gasteiger partial charge in [-0.1, -0.05) is 18.2 Å². The summed E-state index contributed by atoms with van der Waals surface area (Å²) in [6.07, 6.45) is 3.15. The fourth-order valence-corrected chi connectivity index (χ4v) is 5.39. The van der Waals surface area contributed by atoms with Gasteiger partial charge in [0.2, 0.25) is 0 Å². The van der Waals surface area contributed by atoms with Crippen molar-refractivity contribution < 1.29 is 19.7 Å². The van der Waals surface area contributed by atoms with E-state index >= 15 is 0 Å². The van der Waals surface area contributed by atoms with Gasteiger partial charge in [-0.2, -0.15) is 0 Å². The number of phenols is 1. The van der Waals surface area contributed by atoms with Crippen LogP contribution in [0.1, 0.15) is 55.7 Å². The maximum Gasteiger partial charge on any atom is 0.309 e. The van der Waals surface area contributed by atoms with Gasteiger partial charge >= 0.3 is 5.97 Å². The number of para-hydroxylation sites is 1. The average Bonchev–Trinajstić information content (AvgIpc) is 3.06. The van der Waals surface area contributed by atoms with Gasteiger partial charge in [-0.05, 0) is 74.4 Å². The molecule has 2 N–H and O–H groups in total. The molecule has 0 spiro atoms. The van der Waals surface area contributed by atoms with E-state index in [4.69, 9.17) is 4.74 Å². The molecule has 1 aromatic heterocycles. The molecule has 1 aliphatic heterocycles. The van der Waals surface area contributed by atoms with E-state index < -0.39 is 11.4 Å². The molecule has 5 heteroatoms. The van der Waals surface area contributed by atoms with Crippen molar-refractivity contribution in [2.75, 3.05) is 13.2 Å². The lowest BCUT2D eigenvalue weighted by molar-refractivity contribution is -0.154. The van der Waals surface area contributed by atoms with E-state index in [1.807, 2.05) is 37.3 Å². The van der Waals surface area contributed by atoms with Crippen LogP contribution in [0.3, 0.4) is 0 Å². The zero-order valence-corrected chi connectivity index (χ0v) is 17.2. The van der Waals surface area contributed by atoms with Crippen LogP contribution in [-0.4, -0.2) is 34.0 Å². The van der Waals surface area contributed by atoms with E-state index in [2.05, 4.69) is 16.7 Å². The fraction of sp³-hybridized carbons (Fsp3) is 0.400. The number of phenolic OH excluding ortho intramolecular Hbond substituents is 1. The lowest BCUT2D eigenvalue weighted by Gasteiger charge is -2.43. The Bertz CT molecular complexity index is 1090. The molecule has 2 aliphatic rings. The highest BCUT2D eigenvalue weighted by Gasteiger charge is 2.49. The normalized spacial score (nSPS) is 24.6. The molecule has 0 unspecified atom stereocenters. The minimum atomic E-state index is -0.721. The summed E-state index contributed by atoms with van der Waals surface area (Å²) in [7, 11) is 0. The summed E-state index contributed by atoms with van der Waals surface area (Å²) in [4.78, 5) is 11.7. The summed E-state index contributed by atoms with van der Waals surface area (Å²) in [6.45, 7) is 3.32. The van der Waals surface area contributed by atoms with Crippen molar-refractivity contribution in [3.8, 4) is 11.4 Å². The van der Waals surface area contributed by atoms with Crippen molar-refractivity contribution in [3.05, 3.63) is 59.8 Å². The number of hydrogen-bond acceptors (Lipinski definition) is 3. The maximum atomic E-state index is 11.7. The van der Waals surface area contributed by atoms with E-state index in [1.54, 1.807) is 6.07 Å². The van der Waals surface area contributed by atoms with Crippen molar-refractivity contribution in [1.82, 2.24) is 4.57 Å². The SMILES string of the molecule is C[C@]1(C(=O)O)C[C@@H](c2c(C3CCOCC3)n(-c3ccccc3)c3ccc(O)cc32)C1. The lowest BCUT2D eigenvalue weighted by Crippen LogP contribution is -2.40. The van der Waals surface area contributed by atoms with Crippen molar-refractivity contribution in [1.29, 1.82) is 0 Å². The summed E-state index contributed by atoms with van der Waals surface area (Å²) >= 11 is 0. The van der Waals surface area contributed by atoms with Crippen molar-refractivity contribution in [2.24, 2.45) is 5.41 Å². The number of rotatable bonds is 4. The molecule has 2 heterocycles. The summed E-state index contributed by atoms with van der Waals surface area (Å²) in [5.41, 5.74) is 3.98. The van der Waals surface area contributed by atoms with Gasteiger partial charge in [-0.25, -0.2) is 0 Å². The van der Waals surface area contributed by atoms with Crippen LogP contribution in [0.2, 0.25) is 0 Å². The standard InChI is InChI=1S/C25H27NO4/c1-25(24(28)29)14-17(15-25)22-20-13-19(27)7-8-21(20)26(18-5-3-2-4-6-18)23(22)16-9-11-30-12-10-16/h2-8,13,16-17,27H,9-12,14-15H2,1H3,(H,28,29)/t17-,25+.